The van der Waals surface area contributed by atoms with Crippen molar-refractivity contribution in [2.24, 2.45) is 0 Å². The molecule has 0 saturated carbocycles. The lowest BCUT2D eigenvalue weighted by Crippen LogP contribution is -2.39. The van der Waals surface area contributed by atoms with E-state index in [0.29, 0.717) is 18.6 Å². The Balaban J connectivity index is 1.84. The summed E-state index contributed by atoms with van der Waals surface area (Å²) in [6.45, 7) is 4.42. The van der Waals surface area contributed by atoms with Gasteiger partial charge >= 0.3 is 0 Å². The van der Waals surface area contributed by atoms with Crippen LogP contribution in [0.2, 0.25) is 0 Å². The van der Waals surface area contributed by atoms with Crippen LogP contribution >= 0.6 is 11.6 Å². The third-order valence-corrected chi connectivity index (χ3v) is 6.04. The van der Waals surface area contributed by atoms with Gasteiger partial charge in [0.05, 0.1) is 5.38 Å². The van der Waals surface area contributed by atoms with Gasteiger partial charge in [-0.1, -0.05) is 12.2 Å². The number of amides is 1. The van der Waals surface area contributed by atoms with Crippen LogP contribution in [0.3, 0.4) is 0 Å². The molecule has 5 heteroatoms. The van der Waals surface area contributed by atoms with Gasteiger partial charge < -0.3 is 9.88 Å². The third-order valence-electron chi connectivity index (χ3n) is 5.73. The molecule has 1 amide bonds. The molecule has 1 aromatic rings. The fourth-order valence-electron chi connectivity index (χ4n) is 4.71. The van der Waals surface area contributed by atoms with Gasteiger partial charge in [0.2, 0.25) is 5.91 Å². The molecule has 1 N–H and O–H groups in total. The lowest BCUT2D eigenvalue weighted by Gasteiger charge is -2.32. The van der Waals surface area contributed by atoms with E-state index in [1.54, 1.807) is 0 Å². The van der Waals surface area contributed by atoms with Crippen LogP contribution in [0.4, 0.5) is 0 Å². The number of halogens is 1. The predicted molar refractivity (Wildman–Crippen MR) is 97.4 cm³/mol. The predicted octanol–water partition coefficient (Wildman–Crippen LogP) is 1.28. The molecule has 24 heavy (non-hydrogen) atoms. The van der Waals surface area contributed by atoms with Crippen LogP contribution < -0.4 is 15.9 Å². The van der Waals surface area contributed by atoms with E-state index in [2.05, 4.69) is 34.0 Å². The first-order chi connectivity index (χ1) is 11.5. The second kappa shape index (κ2) is 5.92. The van der Waals surface area contributed by atoms with E-state index in [9.17, 15) is 4.79 Å². The Bertz CT molecular complexity index is 795. The fourth-order valence-corrected chi connectivity index (χ4v) is 4.93. The van der Waals surface area contributed by atoms with Gasteiger partial charge in [-0.3, -0.25) is 9.69 Å². The number of alkyl halides is 1. The standard InChI is InChI=1S/C19H26ClN3O/c1-11(2)21-18(24)10-23-15-6-4-12(20)8-14(15)19-16-7-5-13(22(16)3)9-17(19)23/h6,8,11-13,16H,4-5,7,9-10H2,1-3H3,(H,21,24). The molecular weight excluding hydrogens is 322 g/mol. The van der Waals surface area contributed by atoms with Gasteiger partial charge in [0.1, 0.15) is 6.54 Å². The summed E-state index contributed by atoms with van der Waals surface area (Å²) >= 11 is 6.42. The van der Waals surface area contributed by atoms with Crippen molar-refractivity contribution in [1.82, 2.24) is 14.8 Å². The number of nitrogens with zero attached hydrogens (tertiary/aromatic N) is 2. The number of carbonyl (C=O) groups is 1. The largest absolute Gasteiger partial charge is 0.352 e. The Morgan fingerprint density at radius 1 is 1.42 bits per heavy atom. The third kappa shape index (κ3) is 2.51. The van der Waals surface area contributed by atoms with Gasteiger partial charge in [-0.2, -0.15) is 0 Å². The molecule has 0 aromatic carbocycles. The number of fused-ring (bicyclic) bond motifs is 6. The maximum absolute atomic E-state index is 12.4. The van der Waals surface area contributed by atoms with Crippen molar-refractivity contribution >= 4 is 29.7 Å². The molecule has 4 nitrogen and oxygen atoms in total. The number of aromatic nitrogens is 1. The average molecular weight is 348 g/mol. The van der Waals surface area contributed by atoms with E-state index < -0.39 is 0 Å². The molecule has 1 saturated heterocycles. The van der Waals surface area contributed by atoms with Crippen molar-refractivity contribution in [2.75, 3.05) is 7.05 Å². The average Bonchev–Trinajstić information content (AvgIpc) is 2.90. The molecule has 3 atom stereocenters. The van der Waals surface area contributed by atoms with E-state index in [-0.39, 0.29) is 17.3 Å². The highest BCUT2D eigenvalue weighted by Gasteiger charge is 2.40. The topological polar surface area (TPSA) is 37.3 Å². The molecule has 0 radical (unpaired) electrons. The highest BCUT2D eigenvalue weighted by atomic mass is 35.5. The van der Waals surface area contributed by atoms with Crippen molar-refractivity contribution in [3.05, 3.63) is 21.8 Å². The van der Waals surface area contributed by atoms with Gasteiger partial charge in [0.25, 0.3) is 0 Å². The summed E-state index contributed by atoms with van der Waals surface area (Å²) in [6.07, 6.45) is 8.77. The Morgan fingerprint density at radius 2 is 2.21 bits per heavy atom. The summed E-state index contributed by atoms with van der Waals surface area (Å²) in [5, 5.41) is 5.58. The lowest BCUT2D eigenvalue weighted by molar-refractivity contribution is -0.122. The van der Waals surface area contributed by atoms with E-state index in [0.717, 1.165) is 12.8 Å². The molecular formula is C19H26ClN3O. The van der Waals surface area contributed by atoms with Crippen molar-refractivity contribution in [3.63, 3.8) is 0 Å². The molecule has 2 bridgehead atoms. The minimum atomic E-state index is 0.0615. The van der Waals surface area contributed by atoms with Crippen LogP contribution in [0.5, 0.6) is 0 Å². The maximum Gasteiger partial charge on any atom is 0.240 e. The van der Waals surface area contributed by atoms with Crippen LogP contribution in [0, 0.1) is 0 Å². The zero-order valence-corrected chi connectivity index (χ0v) is 15.4. The summed E-state index contributed by atoms with van der Waals surface area (Å²) in [5.41, 5.74) is 2.79. The van der Waals surface area contributed by atoms with Crippen LogP contribution in [-0.4, -0.2) is 39.9 Å². The fraction of sp³-hybridized carbons (Fsp3) is 0.632. The molecule has 4 rings (SSSR count). The van der Waals surface area contributed by atoms with Gasteiger partial charge in [-0.25, -0.2) is 0 Å². The smallest absolute Gasteiger partial charge is 0.240 e. The quantitative estimate of drug-likeness (QED) is 0.836. The molecule has 3 heterocycles. The molecule has 1 aliphatic carbocycles. The summed E-state index contributed by atoms with van der Waals surface area (Å²) in [4.78, 5) is 14.9. The number of hydrogen-bond donors (Lipinski definition) is 1. The molecule has 3 unspecified atom stereocenters. The Hall–Kier alpha value is -1.26. The first kappa shape index (κ1) is 16.2. The van der Waals surface area contributed by atoms with E-state index in [4.69, 9.17) is 11.6 Å². The number of hydrogen-bond acceptors (Lipinski definition) is 2. The molecule has 1 fully saturated rings. The molecule has 2 aliphatic heterocycles. The zero-order chi connectivity index (χ0) is 17.0. The first-order valence-corrected chi connectivity index (χ1v) is 9.48. The highest BCUT2D eigenvalue weighted by Crippen LogP contribution is 2.41. The van der Waals surface area contributed by atoms with E-state index in [1.165, 1.54) is 34.7 Å². The van der Waals surface area contributed by atoms with E-state index >= 15 is 0 Å². The normalized spacial score (nSPS) is 28.1. The number of likely N-dealkylation sites (N-methyl/N-ethyl adjacent to an activating group) is 1. The number of nitrogens with one attached hydrogen (secondary N) is 1. The molecule has 0 spiro atoms. The van der Waals surface area contributed by atoms with Crippen molar-refractivity contribution in [2.45, 2.75) is 69.6 Å². The van der Waals surface area contributed by atoms with Crippen LogP contribution in [0.25, 0.3) is 12.2 Å². The molecule has 130 valence electrons. The Kier molecular flexibility index (Phi) is 4.00. The van der Waals surface area contributed by atoms with Gasteiger partial charge in [0, 0.05) is 40.8 Å². The lowest BCUT2D eigenvalue weighted by atomic mass is 9.97. The summed E-state index contributed by atoms with van der Waals surface area (Å²) in [5.74, 6) is 0.0956. The Labute approximate surface area is 148 Å². The van der Waals surface area contributed by atoms with Crippen LogP contribution in [0.1, 0.15) is 50.4 Å². The van der Waals surface area contributed by atoms with Gasteiger partial charge in [0.15, 0.2) is 0 Å². The van der Waals surface area contributed by atoms with Crippen molar-refractivity contribution in [1.29, 1.82) is 0 Å². The van der Waals surface area contributed by atoms with Crippen molar-refractivity contribution < 1.29 is 4.79 Å². The Morgan fingerprint density at radius 3 is 2.96 bits per heavy atom. The second-order valence-electron chi connectivity index (χ2n) is 7.71. The first-order valence-electron chi connectivity index (χ1n) is 9.04. The monoisotopic (exact) mass is 347 g/mol. The van der Waals surface area contributed by atoms with Crippen molar-refractivity contribution in [3.8, 4) is 0 Å². The van der Waals surface area contributed by atoms with Crippen LogP contribution in [0.15, 0.2) is 0 Å². The summed E-state index contributed by atoms with van der Waals surface area (Å²) in [6, 6.07) is 1.26. The van der Waals surface area contributed by atoms with Gasteiger partial charge in [-0.15, -0.1) is 11.6 Å². The number of carbonyl (C=O) groups excluding carboxylic acids is 1. The molecule has 1 aromatic heterocycles. The minimum absolute atomic E-state index is 0.0615. The van der Waals surface area contributed by atoms with Gasteiger partial charge in [-0.05, 0) is 45.7 Å². The zero-order valence-electron chi connectivity index (χ0n) is 14.7. The maximum atomic E-state index is 12.4. The SMILES string of the molecule is CC(C)NC(=O)Cn1c2c(c3c1=CCC(Cl)C=3)C1CCC(C2)N1C. The highest BCUT2D eigenvalue weighted by molar-refractivity contribution is 6.24. The summed E-state index contributed by atoms with van der Waals surface area (Å²) < 4.78 is 2.26. The van der Waals surface area contributed by atoms with E-state index in [1.807, 2.05) is 13.8 Å². The summed E-state index contributed by atoms with van der Waals surface area (Å²) in [7, 11) is 2.24. The minimum Gasteiger partial charge on any atom is -0.352 e. The number of rotatable bonds is 3. The molecule has 3 aliphatic rings. The second-order valence-corrected chi connectivity index (χ2v) is 8.27. The van der Waals surface area contributed by atoms with Crippen LogP contribution in [-0.2, 0) is 17.8 Å².